The first-order chi connectivity index (χ1) is 8.76. The summed E-state index contributed by atoms with van der Waals surface area (Å²) in [4.78, 5) is 15.4. The van der Waals surface area contributed by atoms with Crippen LogP contribution in [0, 0.1) is 0 Å². The second-order valence-electron chi connectivity index (χ2n) is 4.05. The first-order valence-electron chi connectivity index (χ1n) is 6.52. The third-order valence-electron chi connectivity index (χ3n) is 2.45. The lowest BCUT2D eigenvalue weighted by Gasteiger charge is -1.98. The van der Waals surface area contributed by atoms with Gasteiger partial charge in [-0.1, -0.05) is 51.3 Å². The Morgan fingerprint density at radius 1 is 1.28 bits per heavy atom. The van der Waals surface area contributed by atoms with Crippen LogP contribution in [0.4, 0.5) is 5.13 Å². The van der Waals surface area contributed by atoms with Crippen LogP contribution in [0.15, 0.2) is 5.16 Å². The lowest BCUT2D eigenvalue weighted by molar-refractivity contribution is -0.115. The van der Waals surface area contributed by atoms with Crippen LogP contribution in [-0.2, 0) is 4.79 Å². The van der Waals surface area contributed by atoms with E-state index in [-0.39, 0.29) is 5.91 Å². The van der Waals surface area contributed by atoms with Crippen molar-refractivity contribution in [3.8, 4) is 0 Å². The Balaban J connectivity index is 2.17. The van der Waals surface area contributed by atoms with E-state index in [1.807, 2.05) is 6.92 Å². The van der Waals surface area contributed by atoms with Crippen LogP contribution in [0.1, 0.15) is 52.4 Å². The number of unbranched alkanes of at least 4 members (excludes halogenated alkanes) is 4. The molecule has 102 valence electrons. The standard InChI is InChI=1S/C12H21N3OS2/c1-3-5-6-7-8-9-17-12-14-11(18-15-12)13-10(16)4-2/h3-9H2,1-2H3,(H,13,14,15,16). The molecule has 1 N–H and O–H groups in total. The van der Waals surface area contributed by atoms with Crippen molar-refractivity contribution in [1.82, 2.24) is 9.36 Å². The molecule has 0 aliphatic rings. The Labute approximate surface area is 117 Å². The zero-order valence-electron chi connectivity index (χ0n) is 11.1. The monoisotopic (exact) mass is 287 g/mol. The summed E-state index contributed by atoms with van der Waals surface area (Å²) in [5.74, 6) is 1.05. The Bertz CT molecular complexity index is 355. The van der Waals surface area contributed by atoms with E-state index in [0.29, 0.717) is 11.6 Å². The molecule has 6 heteroatoms. The van der Waals surface area contributed by atoms with Gasteiger partial charge in [0.25, 0.3) is 0 Å². The number of amides is 1. The average Bonchev–Trinajstić information content (AvgIpc) is 2.81. The SMILES string of the molecule is CCCCCCCSc1nsc(NC(=O)CC)n1. The van der Waals surface area contributed by atoms with Crippen LogP contribution in [0.25, 0.3) is 0 Å². The van der Waals surface area contributed by atoms with E-state index in [9.17, 15) is 4.79 Å². The Morgan fingerprint density at radius 2 is 2.06 bits per heavy atom. The number of carbonyl (C=O) groups excluding carboxylic acids is 1. The number of thioether (sulfide) groups is 1. The van der Waals surface area contributed by atoms with E-state index in [1.165, 1.54) is 43.6 Å². The molecule has 1 rings (SSSR count). The molecule has 1 heterocycles. The van der Waals surface area contributed by atoms with Crippen molar-refractivity contribution < 1.29 is 4.79 Å². The summed E-state index contributed by atoms with van der Waals surface area (Å²) in [6.07, 6.45) is 6.89. The van der Waals surface area contributed by atoms with Gasteiger partial charge in [0.2, 0.25) is 16.2 Å². The molecule has 0 unspecified atom stereocenters. The first-order valence-corrected chi connectivity index (χ1v) is 8.28. The highest BCUT2D eigenvalue weighted by Gasteiger charge is 2.06. The van der Waals surface area contributed by atoms with Crippen LogP contribution in [-0.4, -0.2) is 21.0 Å². The van der Waals surface area contributed by atoms with Gasteiger partial charge < -0.3 is 5.32 Å². The molecule has 0 bridgehead atoms. The van der Waals surface area contributed by atoms with Gasteiger partial charge >= 0.3 is 0 Å². The second kappa shape index (κ2) is 9.33. The highest BCUT2D eigenvalue weighted by atomic mass is 32.2. The summed E-state index contributed by atoms with van der Waals surface area (Å²) in [6.45, 7) is 4.04. The van der Waals surface area contributed by atoms with Gasteiger partial charge in [-0.3, -0.25) is 4.79 Å². The topological polar surface area (TPSA) is 54.9 Å². The zero-order chi connectivity index (χ0) is 13.2. The van der Waals surface area contributed by atoms with Gasteiger partial charge in [0, 0.05) is 23.7 Å². The van der Waals surface area contributed by atoms with Gasteiger partial charge in [-0.05, 0) is 6.42 Å². The van der Waals surface area contributed by atoms with Gasteiger partial charge in [-0.15, -0.1) is 0 Å². The van der Waals surface area contributed by atoms with Gasteiger partial charge in [-0.2, -0.15) is 9.36 Å². The molecule has 0 atom stereocenters. The minimum Gasteiger partial charge on any atom is -0.301 e. The first kappa shape index (κ1) is 15.4. The van der Waals surface area contributed by atoms with Crippen molar-refractivity contribution >= 4 is 34.3 Å². The molecule has 1 amide bonds. The maximum Gasteiger partial charge on any atom is 0.225 e. The summed E-state index contributed by atoms with van der Waals surface area (Å²) in [7, 11) is 0. The van der Waals surface area contributed by atoms with Gasteiger partial charge in [-0.25, -0.2) is 0 Å². The summed E-state index contributed by atoms with van der Waals surface area (Å²) in [5.41, 5.74) is 0. The lowest BCUT2D eigenvalue weighted by atomic mass is 10.2. The summed E-state index contributed by atoms with van der Waals surface area (Å²) >= 11 is 2.92. The van der Waals surface area contributed by atoms with E-state index in [1.54, 1.807) is 11.8 Å². The van der Waals surface area contributed by atoms with E-state index in [0.717, 1.165) is 10.9 Å². The number of rotatable bonds is 9. The summed E-state index contributed by atoms with van der Waals surface area (Å²) in [6, 6.07) is 0. The lowest BCUT2D eigenvalue weighted by Crippen LogP contribution is -2.08. The highest BCUT2D eigenvalue weighted by molar-refractivity contribution is 7.99. The normalized spacial score (nSPS) is 10.6. The molecule has 0 aromatic carbocycles. The summed E-state index contributed by atoms with van der Waals surface area (Å²) in [5, 5.41) is 4.11. The van der Waals surface area contributed by atoms with Crippen molar-refractivity contribution in [3.63, 3.8) is 0 Å². The number of hydrogen-bond donors (Lipinski definition) is 1. The quantitative estimate of drug-likeness (QED) is 0.552. The maximum atomic E-state index is 11.2. The van der Waals surface area contributed by atoms with Crippen molar-refractivity contribution in [2.45, 2.75) is 57.5 Å². The van der Waals surface area contributed by atoms with E-state index < -0.39 is 0 Å². The molecule has 0 fully saturated rings. The average molecular weight is 287 g/mol. The summed E-state index contributed by atoms with van der Waals surface area (Å²) < 4.78 is 4.22. The molecule has 0 radical (unpaired) electrons. The van der Waals surface area contributed by atoms with Crippen LogP contribution < -0.4 is 5.32 Å². The number of hydrogen-bond acceptors (Lipinski definition) is 5. The molecular weight excluding hydrogens is 266 g/mol. The number of nitrogens with one attached hydrogen (secondary N) is 1. The zero-order valence-corrected chi connectivity index (χ0v) is 12.7. The van der Waals surface area contributed by atoms with E-state index in [2.05, 4.69) is 21.6 Å². The molecular formula is C12H21N3OS2. The molecule has 0 spiro atoms. The number of anilines is 1. The van der Waals surface area contributed by atoms with Crippen LogP contribution in [0.2, 0.25) is 0 Å². The minimum atomic E-state index is -0.0118. The van der Waals surface area contributed by atoms with Crippen molar-refractivity contribution in [1.29, 1.82) is 0 Å². The Morgan fingerprint density at radius 3 is 2.78 bits per heavy atom. The van der Waals surface area contributed by atoms with Crippen LogP contribution >= 0.6 is 23.3 Å². The number of carbonyl (C=O) groups is 1. The Kier molecular flexibility index (Phi) is 8.00. The number of aromatic nitrogens is 2. The molecule has 0 aliphatic carbocycles. The maximum absolute atomic E-state index is 11.2. The second-order valence-corrected chi connectivity index (χ2v) is 5.86. The van der Waals surface area contributed by atoms with Crippen LogP contribution in [0.3, 0.4) is 0 Å². The number of nitrogens with zero attached hydrogens (tertiary/aromatic N) is 2. The van der Waals surface area contributed by atoms with E-state index in [4.69, 9.17) is 0 Å². The Hall–Kier alpha value is -0.620. The van der Waals surface area contributed by atoms with Crippen LogP contribution in [0.5, 0.6) is 0 Å². The predicted octanol–water partition coefficient (Wildman–Crippen LogP) is 3.95. The molecule has 1 aromatic rings. The molecule has 0 saturated heterocycles. The molecule has 0 saturated carbocycles. The molecule has 4 nitrogen and oxygen atoms in total. The van der Waals surface area contributed by atoms with Crippen molar-refractivity contribution in [3.05, 3.63) is 0 Å². The third kappa shape index (κ3) is 6.35. The van der Waals surface area contributed by atoms with E-state index >= 15 is 0 Å². The fourth-order valence-electron chi connectivity index (χ4n) is 1.40. The fourth-order valence-corrected chi connectivity index (χ4v) is 2.96. The van der Waals surface area contributed by atoms with Gasteiger partial charge in [0.1, 0.15) is 0 Å². The smallest absolute Gasteiger partial charge is 0.225 e. The fraction of sp³-hybridized carbons (Fsp3) is 0.750. The highest BCUT2D eigenvalue weighted by Crippen LogP contribution is 2.21. The molecule has 1 aromatic heterocycles. The third-order valence-corrected chi connectivity index (χ3v) is 4.13. The predicted molar refractivity (Wildman–Crippen MR) is 78.3 cm³/mol. The van der Waals surface area contributed by atoms with Gasteiger partial charge in [0.05, 0.1) is 0 Å². The minimum absolute atomic E-state index is 0.0118. The molecule has 18 heavy (non-hydrogen) atoms. The molecule has 0 aliphatic heterocycles. The van der Waals surface area contributed by atoms with Gasteiger partial charge in [0.15, 0.2) is 0 Å². The van der Waals surface area contributed by atoms with Crippen molar-refractivity contribution in [2.24, 2.45) is 0 Å². The largest absolute Gasteiger partial charge is 0.301 e. The van der Waals surface area contributed by atoms with Crippen molar-refractivity contribution in [2.75, 3.05) is 11.1 Å².